The minimum Gasteiger partial charge on any atom is -0.494 e. The van der Waals surface area contributed by atoms with Crippen LogP contribution in [0, 0.1) is 18.8 Å². The molecule has 1 rings (SSSR count). The molecule has 1 aromatic carbocycles. The summed E-state index contributed by atoms with van der Waals surface area (Å²) in [6.45, 7) is 3.75. The summed E-state index contributed by atoms with van der Waals surface area (Å²) < 4.78 is 5.19. The molecule has 16 heavy (non-hydrogen) atoms. The lowest BCUT2D eigenvalue weighted by molar-refractivity contribution is 0.413. The first kappa shape index (κ1) is 12.3. The molecule has 0 amide bonds. The quantitative estimate of drug-likeness (QED) is 0.631. The number of methoxy groups -OCH3 is 1. The van der Waals surface area contributed by atoms with Crippen LogP contribution in [0.5, 0.6) is 5.75 Å². The summed E-state index contributed by atoms with van der Waals surface area (Å²) in [5, 5.41) is 2.94. The first-order valence-electron chi connectivity index (χ1n) is 4.93. The fourth-order valence-electron chi connectivity index (χ4n) is 2.01. The number of ether oxygens (including phenoxy) is 1. The van der Waals surface area contributed by atoms with Crippen molar-refractivity contribution in [1.29, 1.82) is 0 Å². The first-order valence-corrected chi connectivity index (χ1v) is 4.93. The van der Waals surface area contributed by atoms with Gasteiger partial charge in [0.1, 0.15) is 0 Å². The van der Waals surface area contributed by atoms with E-state index in [1.807, 2.05) is 32.8 Å². The lowest BCUT2D eigenvalue weighted by Crippen LogP contribution is -2.14. The average molecular weight is 223 g/mol. The number of hydrogen-bond acceptors (Lipinski definition) is 5. The summed E-state index contributed by atoms with van der Waals surface area (Å²) >= 11 is 0. The van der Waals surface area contributed by atoms with E-state index in [2.05, 4.69) is 5.18 Å². The van der Waals surface area contributed by atoms with Crippen LogP contribution in [0.1, 0.15) is 11.1 Å². The van der Waals surface area contributed by atoms with E-state index in [1.165, 1.54) is 7.11 Å². The Hall–Kier alpha value is -1.78. The van der Waals surface area contributed by atoms with Crippen molar-refractivity contribution < 1.29 is 4.74 Å². The Morgan fingerprint density at radius 2 is 1.81 bits per heavy atom. The molecule has 0 fully saturated rings. The van der Waals surface area contributed by atoms with Gasteiger partial charge in [0.2, 0.25) is 0 Å². The molecule has 0 spiro atoms. The van der Waals surface area contributed by atoms with Crippen molar-refractivity contribution in [2.75, 3.05) is 31.8 Å². The lowest BCUT2D eigenvalue weighted by Gasteiger charge is -2.22. The molecule has 88 valence electrons. The SMILES string of the molecule is COc1c(C)c(N(C)C)c(C)c(N)c1N=O. The number of nitrogen functional groups attached to an aromatic ring is 1. The molecule has 5 heteroatoms. The minimum atomic E-state index is 0.183. The molecule has 0 unspecified atom stereocenters. The van der Waals surface area contributed by atoms with E-state index < -0.39 is 0 Å². The van der Waals surface area contributed by atoms with E-state index >= 15 is 0 Å². The second kappa shape index (κ2) is 4.38. The Balaban J connectivity index is 3.69. The Bertz CT molecular complexity index is 428. The van der Waals surface area contributed by atoms with E-state index in [0.29, 0.717) is 11.4 Å². The van der Waals surface area contributed by atoms with Crippen molar-refractivity contribution in [1.82, 2.24) is 0 Å². The number of nitrogens with two attached hydrogens (primary N) is 1. The zero-order valence-electron chi connectivity index (χ0n) is 10.3. The van der Waals surface area contributed by atoms with Crippen molar-refractivity contribution in [3.63, 3.8) is 0 Å². The number of benzene rings is 1. The van der Waals surface area contributed by atoms with Crippen molar-refractivity contribution in [3.05, 3.63) is 16.0 Å². The van der Waals surface area contributed by atoms with Gasteiger partial charge in [0, 0.05) is 25.3 Å². The smallest absolute Gasteiger partial charge is 0.173 e. The molecule has 1 aromatic rings. The molecule has 0 saturated carbocycles. The summed E-state index contributed by atoms with van der Waals surface area (Å²) in [5.41, 5.74) is 9.11. The molecule has 0 aliphatic carbocycles. The predicted octanol–water partition coefficient (Wildman–Crippen LogP) is 2.36. The van der Waals surface area contributed by atoms with Crippen molar-refractivity contribution in [2.24, 2.45) is 5.18 Å². The Kier molecular flexibility index (Phi) is 3.37. The fraction of sp³-hybridized carbons (Fsp3) is 0.455. The van der Waals surface area contributed by atoms with Gasteiger partial charge in [-0.25, -0.2) is 0 Å². The maximum absolute atomic E-state index is 10.8. The predicted molar refractivity (Wildman–Crippen MR) is 66.7 cm³/mol. The Morgan fingerprint density at radius 3 is 2.19 bits per heavy atom. The molecule has 5 nitrogen and oxygen atoms in total. The van der Waals surface area contributed by atoms with Gasteiger partial charge in [0.15, 0.2) is 11.4 Å². The van der Waals surface area contributed by atoms with Gasteiger partial charge in [-0.15, -0.1) is 4.91 Å². The summed E-state index contributed by atoms with van der Waals surface area (Å²) in [6, 6.07) is 0. The van der Waals surface area contributed by atoms with Crippen LogP contribution in [-0.2, 0) is 0 Å². The highest BCUT2D eigenvalue weighted by Crippen LogP contribution is 2.44. The third-order valence-electron chi connectivity index (χ3n) is 2.67. The summed E-state index contributed by atoms with van der Waals surface area (Å²) in [5.74, 6) is 0.446. The van der Waals surface area contributed by atoms with E-state index in [9.17, 15) is 4.91 Å². The second-order valence-electron chi connectivity index (χ2n) is 3.88. The minimum absolute atomic E-state index is 0.183. The largest absolute Gasteiger partial charge is 0.494 e. The second-order valence-corrected chi connectivity index (χ2v) is 3.88. The molecular formula is C11H17N3O2. The Labute approximate surface area is 95.2 Å². The molecule has 0 aromatic heterocycles. The number of rotatable bonds is 3. The van der Waals surface area contributed by atoms with E-state index in [-0.39, 0.29) is 5.69 Å². The third-order valence-corrected chi connectivity index (χ3v) is 2.67. The van der Waals surface area contributed by atoms with Gasteiger partial charge in [-0.05, 0) is 24.6 Å². The molecule has 0 bridgehead atoms. The number of nitrogens with zero attached hydrogens (tertiary/aromatic N) is 2. The van der Waals surface area contributed by atoms with Crippen LogP contribution >= 0.6 is 0 Å². The summed E-state index contributed by atoms with van der Waals surface area (Å²) in [4.78, 5) is 12.7. The molecule has 0 atom stereocenters. The highest BCUT2D eigenvalue weighted by atomic mass is 16.5. The molecular weight excluding hydrogens is 206 g/mol. The van der Waals surface area contributed by atoms with Crippen LogP contribution in [0.4, 0.5) is 17.1 Å². The normalized spacial score (nSPS) is 10.1. The van der Waals surface area contributed by atoms with Crippen LogP contribution in [0.15, 0.2) is 5.18 Å². The molecule has 0 radical (unpaired) electrons. The lowest BCUT2D eigenvalue weighted by atomic mass is 10.0. The van der Waals surface area contributed by atoms with Gasteiger partial charge < -0.3 is 15.4 Å². The third kappa shape index (κ3) is 1.68. The zero-order chi connectivity index (χ0) is 12.5. The number of anilines is 2. The molecule has 0 aliphatic heterocycles. The van der Waals surface area contributed by atoms with E-state index in [1.54, 1.807) is 0 Å². The first-order chi connectivity index (χ1) is 7.45. The van der Waals surface area contributed by atoms with Gasteiger partial charge in [-0.3, -0.25) is 0 Å². The van der Waals surface area contributed by atoms with Gasteiger partial charge >= 0.3 is 0 Å². The number of hydrogen-bond donors (Lipinski definition) is 1. The van der Waals surface area contributed by atoms with Crippen molar-refractivity contribution in [3.8, 4) is 5.75 Å². The van der Waals surface area contributed by atoms with Crippen LogP contribution in [-0.4, -0.2) is 21.2 Å². The maximum Gasteiger partial charge on any atom is 0.173 e. The van der Waals surface area contributed by atoms with Crippen LogP contribution in [0.2, 0.25) is 0 Å². The highest BCUT2D eigenvalue weighted by Gasteiger charge is 2.20. The fourth-order valence-corrected chi connectivity index (χ4v) is 2.01. The van der Waals surface area contributed by atoms with E-state index in [4.69, 9.17) is 10.5 Å². The van der Waals surface area contributed by atoms with Crippen LogP contribution in [0.25, 0.3) is 0 Å². The monoisotopic (exact) mass is 223 g/mol. The van der Waals surface area contributed by atoms with Crippen LogP contribution < -0.4 is 15.4 Å². The summed E-state index contributed by atoms with van der Waals surface area (Å²) in [6.07, 6.45) is 0. The van der Waals surface area contributed by atoms with E-state index in [0.717, 1.165) is 16.8 Å². The van der Waals surface area contributed by atoms with Gasteiger partial charge in [-0.2, -0.15) is 0 Å². The molecule has 2 N–H and O–H groups in total. The highest BCUT2D eigenvalue weighted by molar-refractivity contribution is 5.84. The standard InChI is InChI=1S/C11H17N3O2/c1-6-8(12)9(13-15)11(16-5)7(2)10(6)14(3)4/h12H2,1-5H3. The Morgan fingerprint density at radius 1 is 1.25 bits per heavy atom. The number of nitroso groups, excluding NO2 is 1. The van der Waals surface area contributed by atoms with Gasteiger partial charge in [0.25, 0.3) is 0 Å². The molecule has 0 heterocycles. The zero-order valence-corrected chi connectivity index (χ0v) is 10.3. The average Bonchev–Trinajstić information content (AvgIpc) is 2.22. The van der Waals surface area contributed by atoms with Gasteiger partial charge in [0.05, 0.1) is 12.8 Å². The van der Waals surface area contributed by atoms with Crippen molar-refractivity contribution in [2.45, 2.75) is 13.8 Å². The maximum atomic E-state index is 10.8. The van der Waals surface area contributed by atoms with Crippen LogP contribution in [0.3, 0.4) is 0 Å². The topological polar surface area (TPSA) is 67.9 Å². The summed E-state index contributed by atoms with van der Waals surface area (Å²) in [7, 11) is 5.34. The molecule has 0 saturated heterocycles. The van der Waals surface area contributed by atoms with Crippen molar-refractivity contribution >= 4 is 17.1 Å². The molecule has 0 aliphatic rings. The van der Waals surface area contributed by atoms with Gasteiger partial charge in [-0.1, -0.05) is 0 Å².